The number of likely N-dealkylation sites (tertiary alicyclic amines) is 1. The van der Waals surface area contributed by atoms with E-state index in [0.29, 0.717) is 28.3 Å². The highest BCUT2D eigenvalue weighted by Gasteiger charge is 2.47. The summed E-state index contributed by atoms with van der Waals surface area (Å²) in [6, 6.07) is 3.65. The van der Waals surface area contributed by atoms with Gasteiger partial charge in [-0.25, -0.2) is 0 Å². The van der Waals surface area contributed by atoms with E-state index in [1.165, 1.54) is 0 Å². The SMILES string of the molecule is CC1(C)C(=O)Nc2ccc(NC(=O)C3CCCN3C(=O)C(F)(F)F)cc21. The fraction of sp³-hybridized carbons (Fsp3) is 0.471. The van der Waals surface area contributed by atoms with E-state index in [9.17, 15) is 27.6 Å². The number of halogens is 3. The topological polar surface area (TPSA) is 78.5 Å². The molecule has 3 amide bonds. The highest BCUT2D eigenvalue weighted by atomic mass is 19.4. The predicted molar refractivity (Wildman–Crippen MR) is 87.5 cm³/mol. The van der Waals surface area contributed by atoms with Gasteiger partial charge in [-0.1, -0.05) is 0 Å². The van der Waals surface area contributed by atoms with Gasteiger partial charge in [0.15, 0.2) is 0 Å². The molecule has 0 radical (unpaired) electrons. The predicted octanol–water partition coefficient (Wildman–Crippen LogP) is 2.41. The van der Waals surface area contributed by atoms with Gasteiger partial charge < -0.3 is 15.5 Å². The maximum absolute atomic E-state index is 12.7. The molecule has 140 valence electrons. The molecular weight excluding hydrogens is 351 g/mol. The van der Waals surface area contributed by atoms with E-state index >= 15 is 0 Å². The molecule has 0 bridgehead atoms. The minimum atomic E-state index is -5.01. The monoisotopic (exact) mass is 369 g/mol. The van der Waals surface area contributed by atoms with Crippen LogP contribution in [-0.4, -0.2) is 41.4 Å². The molecule has 0 saturated carbocycles. The van der Waals surface area contributed by atoms with Gasteiger partial charge in [0.1, 0.15) is 6.04 Å². The molecule has 9 heteroatoms. The van der Waals surface area contributed by atoms with Crippen molar-refractivity contribution in [1.82, 2.24) is 4.90 Å². The van der Waals surface area contributed by atoms with Crippen molar-refractivity contribution in [3.63, 3.8) is 0 Å². The summed E-state index contributed by atoms with van der Waals surface area (Å²) < 4.78 is 38.0. The number of carbonyl (C=O) groups is 3. The summed E-state index contributed by atoms with van der Waals surface area (Å²) >= 11 is 0. The Bertz CT molecular complexity index is 789. The summed E-state index contributed by atoms with van der Waals surface area (Å²) in [5.74, 6) is -2.84. The van der Waals surface area contributed by atoms with Crippen molar-refractivity contribution in [2.75, 3.05) is 17.2 Å². The van der Waals surface area contributed by atoms with Crippen LogP contribution in [0.4, 0.5) is 24.5 Å². The molecule has 1 aromatic rings. The molecule has 1 saturated heterocycles. The molecule has 0 spiro atoms. The number of fused-ring (bicyclic) bond motifs is 1. The van der Waals surface area contributed by atoms with E-state index in [4.69, 9.17) is 0 Å². The zero-order chi connectivity index (χ0) is 19.3. The summed E-state index contributed by atoms with van der Waals surface area (Å²) in [6.45, 7) is 3.37. The largest absolute Gasteiger partial charge is 0.471 e. The van der Waals surface area contributed by atoms with E-state index in [-0.39, 0.29) is 18.9 Å². The van der Waals surface area contributed by atoms with Crippen molar-refractivity contribution in [2.45, 2.75) is 44.3 Å². The van der Waals surface area contributed by atoms with Gasteiger partial charge in [0.2, 0.25) is 11.8 Å². The van der Waals surface area contributed by atoms with Gasteiger partial charge in [-0.15, -0.1) is 0 Å². The lowest BCUT2D eigenvalue weighted by atomic mass is 9.86. The van der Waals surface area contributed by atoms with E-state index < -0.39 is 29.4 Å². The van der Waals surface area contributed by atoms with Crippen molar-refractivity contribution < 1.29 is 27.6 Å². The third kappa shape index (κ3) is 3.02. The fourth-order valence-electron chi connectivity index (χ4n) is 3.32. The Hall–Kier alpha value is -2.58. The van der Waals surface area contributed by atoms with Crippen LogP contribution in [0.1, 0.15) is 32.3 Å². The Kier molecular flexibility index (Phi) is 4.20. The van der Waals surface area contributed by atoms with Crippen molar-refractivity contribution in [3.8, 4) is 0 Å². The van der Waals surface area contributed by atoms with Crippen LogP contribution in [-0.2, 0) is 19.8 Å². The van der Waals surface area contributed by atoms with E-state index in [1.807, 2.05) is 0 Å². The minimum absolute atomic E-state index is 0.105. The molecule has 3 rings (SSSR count). The van der Waals surface area contributed by atoms with Gasteiger partial charge in [0.05, 0.1) is 5.41 Å². The molecule has 0 aromatic heterocycles. The number of rotatable bonds is 2. The quantitative estimate of drug-likeness (QED) is 0.840. The first-order valence-corrected chi connectivity index (χ1v) is 8.16. The van der Waals surface area contributed by atoms with Gasteiger partial charge in [-0.3, -0.25) is 14.4 Å². The number of nitrogens with one attached hydrogen (secondary N) is 2. The van der Waals surface area contributed by atoms with Gasteiger partial charge in [0.25, 0.3) is 0 Å². The van der Waals surface area contributed by atoms with Crippen LogP contribution >= 0.6 is 0 Å². The molecule has 1 unspecified atom stereocenters. The third-order valence-electron chi connectivity index (χ3n) is 4.84. The Morgan fingerprint density at radius 1 is 1.31 bits per heavy atom. The van der Waals surface area contributed by atoms with Crippen LogP contribution in [0.5, 0.6) is 0 Å². The molecule has 6 nitrogen and oxygen atoms in total. The summed E-state index contributed by atoms with van der Waals surface area (Å²) in [5.41, 5.74) is 0.911. The second kappa shape index (κ2) is 6.00. The van der Waals surface area contributed by atoms with Crippen LogP contribution in [0.2, 0.25) is 0 Å². The standard InChI is InChI=1S/C17H18F3N3O3/c1-16(2)10-8-9(5-6-11(10)22-14(16)25)21-13(24)12-4-3-7-23(12)15(26)17(18,19)20/h5-6,8,12H,3-4,7H2,1-2H3,(H,21,24)(H,22,25). The smallest absolute Gasteiger partial charge is 0.325 e. The molecule has 2 aliphatic heterocycles. The minimum Gasteiger partial charge on any atom is -0.325 e. The van der Waals surface area contributed by atoms with Crippen molar-refractivity contribution in [3.05, 3.63) is 23.8 Å². The maximum Gasteiger partial charge on any atom is 0.471 e. The lowest BCUT2D eigenvalue weighted by Gasteiger charge is -2.25. The fourth-order valence-corrected chi connectivity index (χ4v) is 3.32. The zero-order valence-electron chi connectivity index (χ0n) is 14.2. The Morgan fingerprint density at radius 2 is 2.00 bits per heavy atom. The normalized spacial score (nSPS) is 21.3. The van der Waals surface area contributed by atoms with Crippen molar-refractivity contribution >= 4 is 29.1 Å². The van der Waals surface area contributed by atoms with Crippen LogP contribution in [0.15, 0.2) is 18.2 Å². The summed E-state index contributed by atoms with van der Waals surface area (Å²) in [7, 11) is 0. The average Bonchev–Trinajstić information content (AvgIpc) is 3.11. The number of hydrogen-bond donors (Lipinski definition) is 2. The number of carbonyl (C=O) groups excluding carboxylic acids is 3. The van der Waals surface area contributed by atoms with Crippen molar-refractivity contribution in [2.24, 2.45) is 0 Å². The number of anilines is 2. The van der Waals surface area contributed by atoms with Gasteiger partial charge >= 0.3 is 12.1 Å². The summed E-state index contributed by atoms with van der Waals surface area (Å²) in [6.07, 6.45) is -4.51. The Balaban J connectivity index is 1.78. The van der Waals surface area contributed by atoms with Gasteiger partial charge in [0, 0.05) is 17.9 Å². The van der Waals surface area contributed by atoms with E-state index in [2.05, 4.69) is 10.6 Å². The van der Waals surface area contributed by atoms with E-state index in [0.717, 1.165) is 0 Å². The molecule has 1 aromatic carbocycles. The number of amides is 3. The highest BCUT2D eigenvalue weighted by molar-refractivity contribution is 6.06. The number of hydrogen-bond acceptors (Lipinski definition) is 3. The second-order valence-corrected chi connectivity index (χ2v) is 6.98. The average molecular weight is 369 g/mol. The molecule has 2 aliphatic rings. The first-order chi connectivity index (χ1) is 12.0. The highest BCUT2D eigenvalue weighted by Crippen LogP contribution is 2.38. The molecule has 2 heterocycles. The Labute approximate surface area is 147 Å². The van der Waals surface area contributed by atoms with E-state index in [1.54, 1.807) is 32.0 Å². The zero-order valence-corrected chi connectivity index (χ0v) is 14.2. The molecule has 2 N–H and O–H groups in total. The molecule has 1 fully saturated rings. The van der Waals surface area contributed by atoms with Crippen LogP contribution in [0, 0.1) is 0 Å². The van der Waals surface area contributed by atoms with Gasteiger partial charge in [-0.05, 0) is 50.5 Å². The van der Waals surface area contributed by atoms with Crippen LogP contribution < -0.4 is 10.6 Å². The van der Waals surface area contributed by atoms with Crippen LogP contribution in [0.25, 0.3) is 0 Å². The third-order valence-corrected chi connectivity index (χ3v) is 4.84. The van der Waals surface area contributed by atoms with Crippen molar-refractivity contribution in [1.29, 1.82) is 0 Å². The lowest BCUT2D eigenvalue weighted by molar-refractivity contribution is -0.186. The second-order valence-electron chi connectivity index (χ2n) is 6.98. The molecule has 1 atom stereocenters. The molecular formula is C17H18F3N3O3. The first kappa shape index (κ1) is 18.2. The lowest BCUT2D eigenvalue weighted by Crippen LogP contribution is -2.48. The number of nitrogens with zero attached hydrogens (tertiary/aromatic N) is 1. The number of benzene rings is 1. The molecule has 0 aliphatic carbocycles. The van der Waals surface area contributed by atoms with Crippen LogP contribution in [0.3, 0.4) is 0 Å². The molecule has 26 heavy (non-hydrogen) atoms. The summed E-state index contributed by atoms with van der Waals surface area (Å²) in [4.78, 5) is 36.4. The summed E-state index contributed by atoms with van der Waals surface area (Å²) in [5, 5.41) is 5.30. The first-order valence-electron chi connectivity index (χ1n) is 8.16. The maximum atomic E-state index is 12.7. The Morgan fingerprint density at radius 3 is 2.65 bits per heavy atom. The van der Waals surface area contributed by atoms with Gasteiger partial charge in [-0.2, -0.15) is 13.2 Å². The number of alkyl halides is 3.